The molecule has 5 nitrogen and oxygen atoms in total. The molecule has 1 aliphatic rings. The fraction of sp³-hybridized carbons (Fsp3) is 0.333. The lowest BCUT2D eigenvalue weighted by Gasteiger charge is -2.18. The maximum atomic E-state index is 12.2. The van der Waals surface area contributed by atoms with Gasteiger partial charge < -0.3 is 10.6 Å². The van der Waals surface area contributed by atoms with Gasteiger partial charge in [-0.15, -0.1) is 0 Å². The molecule has 3 rings (SSSR count). The van der Waals surface area contributed by atoms with Crippen molar-refractivity contribution in [3.05, 3.63) is 46.8 Å². The van der Waals surface area contributed by atoms with Crippen molar-refractivity contribution in [1.82, 2.24) is 15.1 Å². The van der Waals surface area contributed by atoms with Crippen LogP contribution in [0.3, 0.4) is 0 Å². The molecular formula is C15H18N4O. The third-order valence-corrected chi connectivity index (χ3v) is 3.61. The van der Waals surface area contributed by atoms with E-state index in [9.17, 15) is 4.79 Å². The first kappa shape index (κ1) is 12.9. The Balaban J connectivity index is 1.81. The van der Waals surface area contributed by atoms with E-state index in [1.54, 1.807) is 10.9 Å². The van der Waals surface area contributed by atoms with E-state index in [4.69, 9.17) is 0 Å². The standard InChI is InChI=1S/C15H18N4O/c1-10-14(9-19(2)18-10)15(20)17-13-4-3-11-5-6-16-8-12(11)7-13/h3-4,7,9,16H,5-6,8H2,1-2H3,(H,17,20). The summed E-state index contributed by atoms with van der Waals surface area (Å²) in [6.45, 7) is 3.73. The second-order valence-electron chi connectivity index (χ2n) is 5.17. The molecule has 0 saturated carbocycles. The fourth-order valence-electron chi connectivity index (χ4n) is 2.58. The van der Waals surface area contributed by atoms with Crippen LogP contribution in [0.1, 0.15) is 27.2 Å². The first-order valence-electron chi connectivity index (χ1n) is 6.77. The average molecular weight is 270 g/mol. The van der Waals surface area contributed by atoms with Gasteiger partial charge in [0.1, 0.15) is 0 Å². The molecule has 1 aromatic carbocycles. The van der Waals surface area contributed by atoms with Gasteiger partial charge in [-0.05, 0) is 43.1 Å². The summed E-state index contributed by atoms with van der Waals surface area (Å²) in [5, 5.41) is 10.5. The summed E-state index contributed by atoms with van der Waals surface area (Å²) >= 11 is 0. The van der Waals surface area contributed by atoms with Crippen molar-refractivity contribution in [3.63, 3.8) is 0 Å². The van der Waals surface area contributed by atoms with Gasteiger partial charge in [-0.25, -0.2) is 0 Å². The first-order valence-corrected chi connectivity index (χ1v) is 6.77. The highest BCUT2D eigenvalue weighted by molar-refractivity contribution is 6.04. The van der Waals surface area contributed by atoms with Crippen molar-refractivity contribution in [3.8, 4) is 0 Å². The molecule has 2 heterocycles. The zero-order valence-electron chi connectivity index (χ0n) is 11.7. The number of aromatic nitrogens is 2. The van der Waals surface area contributed by atoms with E-state index in [0.29, 0.717) is 5.56 Å². The number of anilines is 1. The number of hydrogen-bond acceptors (Lipinski definition) is 3. The minimum atomic E-state index is -0.112. The van der Waals surface area contributed by atoms with Crippen LogP contribution in [-0.2, 0) is 20.0 Å². The SMILES string of the molecule is Cc1nn(C)cc1C(=O)Nc1ccc2c(c1)CNCC2. The zero-order chi connectivity index (χ0) is 14.1. The molecule has 0 unspecified atom stereocenters. The van der Waals surface area contributed by atoms with E-state index in [-0.39, 0.29) is 5.91 Å². The van der Waals surface area contributed by atoms with Crippen molar-refractivity contribution in [2.24, 2.45) is 7.05 Å². The molecule has 0 bridgehead atoms. The molecule has 5 heteroatoms. The summed E-state index contributed by atoms with van der Waals surface area (Å²) in [4.78, 5) is 12.2. The van der Waals surface area contributed by atoms with Crippen molar-refractivity contribution in [1.29, 1.82) is 0 Å². The van der Waals surface area contributed by atoms with Crippen LogP contribution < -0.4 is 10.6 Å². The van der Waals surface area contributed by atoms with Crippen molar-refractivity contribution >= 4 is 11.6 Å². The molecule has 1 amide bonds. The van der Waals surface area contributed by atoms with E-state index >= 15 is 0 Å². The average Bonchev–Trinajstić information content (AvgIpc) is 2.78. The Labute approximate surface area is 118 Å². The number of nitrogens with one attached hydrogen (secondary N) is 2. The summed E-state index contributed by atoms with van der Waals surface area (Å²) < 4.78 is 1.65. The molecule has 0 atom stereocenters. The number of hydrogen-bond donors (Lipinski definition) is 2. The first-order chi connectivity index (χ1) is 9.63. The number of amides is 1. The normalized spacial score (nSPS) is 13.9. The topological polar surface area (TPSA) is 59.0 Å². The Bertz CT molecular complexity index is 660. The van der Waals surface area contributed by atoms with Gasteiger partial charge in [0.15, 0.2) is 0 Å². The van der Waals surface area contributed by atoms with E-state index in [0.717, 1.165) is 30.9 Å². The van der Waals surface area contributed by atoms with Gasteiger partial charge in [-0.1, -0.05) is 6.07 Å². The van der Waals surface area contributed by atoms with Crippen molar-refractivity contribution in [2.75, 3.05) is 11.9 Å². The monoisotopic (exact) mass is 270 g/mol. The third-order valence-electron chi connectivity index (χ3n) is 3.61. The number of nitrogens with zero attached hydrogens (tertiary/aromatic N) is 2. The summed E-state index contributed by atoms with van der Waals surface area (Å²) in [6, 6.07) is 6.11. The van der Waals surface area contributed by atoms with E-state index in [1.807, 2.05) is 26.1 Å². The van der Waals surface area contributed by atoms with Crippen LogP contribution >= 0.6 is 0 Å². The van der Waals surface area contributed by atoms with Crippen LogP contribution in [0.15, 0.2) is 24.4 Å². The predicted octanol–water partition coefficient (Wildman–Crippen LogP) is 1.63. The minimum Gasteiger partial charge on any atom is -0.322 e. The molecule has 1 aromatic heterocycles. The molecule has 104 valence electrons. The molecule has 20 heavy (non-hydrogen) atoms. The quantitative estimate of drug-likeness (QED) is 0.872. The molecule has 2 aromatic rings. The van der Waals surface area contributed by atoms with Crippen LogP contribution in [0.25, 0.3) is 0 Å². The van der Waals surface area contributed by atoms with Crippen LogP contribution in [0.5, 0.6) is 0 Å². The Morgan fingerprint density at radius 1 is 1.40 bits per heavy atom. The van der Waals surface area contributed by atoms with Crippen LogP contribution in [0.4, 0.5) is 5.69 Å². The molecule has 0 saturated heterocycles. The summed E-state index contributed by atoms with van der Waals surface area (Å²) in [5.41, 5.74) is 4.81. The predicted molar refractivity (Wildman–Crippen MR) is 77.8 cm³/mol. The van der Waals surface area contributed by atoms with Gasteiger partial charge in [0.2, 0.25) is 0 Å². The lowest BCUT2D eigenvalue weighted by atomic mass is 10.0. The van der Waals surface area contributed by atoms with Crippen LogP contribution in [0.2, 0.25) is 0 Å². The highest BCUT2D eigenvalue weighted by Gasteiger charge is 2.14. The summed E-state index contributed by atoms with van der Waals surface area (Å²) in [6.07, 6.45) is 2.79. The Morgan fingerprint density at radius 2 is 2.25 bits per heavy atom. The largest absolute Gasteiger partial charge is 0.322 e. The van der Waals surface area contributed by atoms with E-state index in [1.165, 1.54) is 11.1 Å². The number of fused-ring (bicyclic) bond motifs is 1. The fourth-order valence-corrected chi connectivity index (χ4v) is 2.58. The number of carbonyl (C=O) groups is 1. The molecular weight excluding hydrogens is 252 g/mol. The minimum absolute atomic E-state index is 0.112. The second-order valence-corrected chi connectivity index (χ2v) is 5.17. The highest BCUT2D eigenvalue weighted by atomic mass is 16.1. The number of aryl methyl sites for hydroxylation is 2. The van der Waals surface area contributed by atoms with Gasteiger partial charge >= 0.3 is 0 Å². The van der Waals surface area contributed by atoms with Crippen molar-refractivity contribution in [2.45, 2.75) is 19.9 Å². The Hall–Kier alpha value is -2.14. The molecule has 2 N–H and O–H groups in total. The molecule has 1 aliphatic heterocycles. The molecule has 0 radical (unpaired) electrons. The van der Waals surface area contributed by atoms with Gasteiger partial charge in [-0.3, -0.25) is 9.48 Å². The Kier molecular flexibility index (Phi) is 3.28. The zero-order valence-corrected chi connectivity index (χ0v) is 11.7. The summed E-state index contributed by atoms with van der Waals surface area (Å²) in [7, 11) is 1.81. The smallest absolute Gasteiger partial charge is 0.259 e. The maximum Gasteiger partial charge on any atom is 0.259 e. The summed E-state index contributed by atoms with van der Waals surface area (Å²) in [5.74, 6) is -0.112. The van der Waals surface area contributed by atoms with Crippen molar-refractivity contribution < 1.29 is 4.79 Å². The Morgan fingerprint density at radius 3 is 3.00 bits per heavy atom. The second kappa shape index (κ2) is 5.09. The van der Waals surface area contributed by atoms with E-state index in [2.05, 4.69) is 21.8 Å². The molecule has 0 spiro atoms. The van der Waals surface area contributed by atoms with Crippen LogP contribution in [-0.4, -0.2) is 22.2 Å². The lowest BCUT2D eigenvalue weighted by molar-refractivity contribution is 0.102. The number of carbonyl (C=O) groups excluding carboxylic acids is 1. The molecule has 0 fully saturated rings. The van der Waals surface area contributed by atoms with Gasteiger partial charge in [0.05, 0.1) is 11.3 Å². The third kappa shape index (κ3) is 2.44. The lowest BCUT2D eigenvalue weighted by Crippen LogP contribution is -2.23. The number of rotatable bonds is 2. The van der Waals surface area contributed by atoms with Crippen LogP contribution in [0, 0.1) is 6.92 Å². The maximum absolute atomic E-state index is 12.2. The molecule has 0 aliphatic carbocycles. The number of benzene rings is 1. The van der Waals surface area contributed by atoms with Gasteiger partial charge in [-0.2, -0.15) is 5.10 Å². The highest BCUT2D eigenvalue weighted by Crippen LogP contribution is 2.19. The van der Waals surface area contributed by atoms with Gasteiger partial charge in [0.25, 0.3) is 5.91 Å². The van der Waals surface area contributed by atoms with Gasteiger partial charge in [0, 0.05) is 25.5 Å². The van der Waals surface area contributed by atoms with E-state index < -0.39 is 0 Å².